The SMILES string of the molecule is CCCOc1ccc(/C=C2\C(=O)NC(=O)N(c3cc(C)ccc3C)C2=O)cc1OC. The molecule has 0 bridgehead atoms. The molecule has 4 amide bonds. The number of imide groups is 2. The fourth-order valence-corrected chi connectivity index (χ4v) is 3.11. The van der Waals surface area contributed by atoms with Crippen LogP contribution < -0.4 is 19.7 Å². The molecule has 0 unspecified atom stereocenters. The highest BCUT2D eigenvalue weighted by atomic mass is 16.5. The molecule has 156 valence electrons. The van der Waals surface area contributed by atoms with Gasteiger partial charge in [0.2, 0.25) is 0 Å². The third kappa shape index (κ3) is 4.20. The van der Waals surface area contributed by atoms with Gasteiger partial charge < -0.3 is 9.47 Å². The number of anilines is 1. The van der Waals surface area contributed by atoms with Crippen LogP contribution in [0.4, 0.5) is 10.5 Å². The van der Waals surface area contributed by atoms with Crippen molar-refractivity contribution in [2.75, 3.05) is 18.6 Å². The maximum absolute atomic E-state index is 13.1. The predicted octanol–water partition coefficient (Wildman–Crippen LogP) is 3.77. The van der Waals surface area contributed by atoms with E-state index in [1.807, 2.05) is 26.0 Å². The summed E-state index contributed by atoms with van der Waals surface area (Å²) in [5.74, 6) is -0.350. The van der Waals surface area contributed by atoms with E-state index in [2.05, 4.69) is 5.32 Å². The van der Waals surface area contributed by atoms with Crippen LogP contribution in [0.1, 0.15) is 30.0 Å². The molecule has 1 saturated heterocycles. The summed E-state index contributed by atoms with van der Waals surface area (Å²) in [6.07, 6.45) is 2.29. The fraction of sp³-hybridized carbons (Fsp3) is 0.261. The number of hydrogen-bond donors (Lipinski definition) is 1. The molecule has 1 fully saturated rings. The maximum atomic E-state index is 13.1. The van der Waals surface area contributed by atoms with Crippen molar-refractivity contribution in [1.29, 1.82) is 0 Å². The largest absolute Gasteiger partial charge is 0.493 e. The summed E-state index contributed by atoms with van der Waals surface area (Å²) in [5, 5.41) is 2.25. The highest BCUT2D eigenvalue weighted by Crippen LogP contribution is 2.30. The molecule has 30 heavy (non-hydrogen) atoms. The summed E-state index contributed by atoms with van der Waals surface area (Å²) in [6, 6.07) is 9.81. The smallest absolute Gasteiger partial charge is 0.335 e. The fourth-order valence-electron chi connectivity index (χ4n) is 3.11. The number of urea groups is 1. The molecule has 0 saturated carbocycles. The number of rotatable bonds is 6. The highest BCUT2D eigenvalue weighted by molar-refractivity contribution is 6.39. The van der Waals surface area contributed by atoms with Gasteiger partial charge in [0.25, 0.3) is 11.8 Å². The molecule has 2 aromatic rings. The lowest BCUT2D eigenvalue weighted by molar-refractivity contribution is -0.122. The van der Waals surface area contributed by atoms with Crippen molar-refractivity contribution in [1.82, 2.24) is 5.32 Å². The van der Waals surface area contributed by atoms with Crippen molar-refractivity contribution in [2.24, 2.45) is 0 Å². The van der Waals surface area contributed by atoms with E-state index in [0.717, 1.165) is 22.4 Å². The van der Waals surface area contributed by atoms with Gasteiger partial charge in [-0.25, -0.2) is 9.69 Å². The molecule has 7 nitrogen and oxygen atoms in total. The lowest BCUT2D eigenvalue weighted by Crippen LogP contribution is -2.54. The minimum atomic E-state index is -0.767. The van der Waals surface area contributed by atoms with Crippen molar-refractivity contribution in [2.45, 2.75) is 27.2 Å². The summed E-state index contributed by atoms with van der Waals surface area (Å²) >= 11 is 0. The molecule has 1 N–H and O–H groups in total. The highest BCUT2D eigenvalue weighted by Gasteiger charge is 2.37. The number of hydrogen-bond acceptors (Lipinski definition) is 5. The van der Waals surface area contributed by atoms with Gasteiger partial charge in [0.15, 0.2) is 11.5 Å². The molecule has 3 rings (SSSR count). The molecule has 1 aliphatic rings. The Morgan fingerprint density at radius 2 is 1.80 bits per heavy atom. The van der Waals surface area contributed by atoms with Crippen LogP contribution in [0.3, 0.4) is 0 Å². The summed E-state index contributed by atoms with van der Waals surface area (Å²) < 4.78 is 11.0. The van der Waals surface area contributed by atoms with Gasteiger partial charge in [-0.15, -0.1) is 0 Å². The van der Waals surface area contributed by atoms with Crippen LogP contribution >= 0.6 is 0 Å². The van der Waals surface area contributed by atoms with Crippen LogP contribution in [0, 0.1) is 13.8 Å². The lowest BCUT2D eigenvalue weighted by Gasteiger charge is -2.27. The van der Waals surface area contributed by atoms with E-state index in [0.29, 0.717) is 29.4 Å². The second kappa shape index (κ2) is 8.82. The van der Waals surface area contributed by atoms with E-state index in [-0.39, 0.29) is 5.57 Å². The summed E-state index contributed by atoms with van der Waals surface area (Å²) in [6.45, 7) is 6.22. The quantitative estimate of drug-likeness (QED) is 0.581. The monoisotopic (exact) mass is 408 g/mol. The molecular formula is C23H24N2O5. The zero-order valence-electron chi connectivity index (χ0n) is 17.4. The number of nitrogens with zero attached hydrogens (tertiary/aromatic N) is 1. The summed E-state index contributed by atoms with van der Waals surface area (Å²) in [7, 11) is 1.52. The van der Waals surface area contributed by atoms with Gasteiger partial charge in [-0.2, -0.15) is 0 Å². The molecule has 0 spiro atoms. The lowest BCUT2D eigenvalue weighted by atomic mass is 10.0. The van der Waals surface area contributed by atoms with E-state index < -0.39 is 17.8 Å². The van der Waals surface area contributed by atoms with Gasteiger partial charge in [-0.3, -0.25) is 14.9 Å². The van der Waals surface area contributed by atoms with Crippen LogP contribution in [0.5, 0.6) is 11.5 Å². The van der Waals surface area contributed by atoms with Crippen molar-refractivity contribution in [3.63, 3.8) is 0 Å². The zero-order chi connectivity index (χ0) is 21.8. The molecule has 0 aliphatic carbocycles. The Kier molecular flexibility index (Phi) is 6.20. The number of ether oxygens (including phenoxy) is 2. The molecule has 7 heteroatoms. The predicted molar refractivity (Wildman–Crippen MR) is 114 cm³/mol. The summed E-state index contributed by atoms with van der Waals surface area (Å²) in [5.41, 5.74) is 2.52. The Balaban J connectivity index is 1.99. The van der Waals surface area contributed by atoms with E-state index >= 15 is 0 Å². The second-order valence-corrected chi connectivity index (χ2v) is 7.01. The van der Waals surface area contributed by atoms with Crippen molar-refractivity contribution in [3.8, 4) is 11.5 Å². The Bertz CT molecular complexity index is 1040. The Labute approximate surface area is 175 Å². The van der Waals surface area contributed by atoms with Crippen LogP contribution in [-0.4, -0.2) is 31.6 Å². The van der Waals surface area contributed by atoms with E-state index in [4.69, 9.17) is 9.47 Å². The average molecular weight is 408 g/mol. The molecule has 0 atom stereocenters. The molecule has 0 radical (unpaired) electrons. The molecule has 1 aliphatic heterocycles. The molecular weight excluding hydrogens is 384 g/mol. The Hall–Kier alpha value is -3.61. The normalized spacial score (nSPS) is 15.4. The molecule has 1 heterocycles. The van der Waals surface area contributed by atoms with Crippen LogP contribution in [0.25, 0.3) is 6.08 Å². The topological polar surface area (TPSA) is 84.9 Å². The Morgan fingerprint density at radius 1 is 1.03 bits per heavy atom. The second-order valence-electron chi connectivity index (χ2n) is 7.01. The first-order valence-corrected chi connectivity index (χ1v) is 9.65. The van der Waals surface area contributed by atoms with E-state index in [9.17, 15) is 14.4 Å². The van der Waals surface area contributed by atoms with Gasteiger partial charge in [-0.1, -0.05) is 25.1 Å². The number of amides is 4. The number of carbonyl (C=O) groups excluding carboxylic acids is 3. The van der Waals surface area contributed by atoms with Crippen molar-refractivity contribution >= 4 is 29.6 Å². The van der Waals surface area contributed by atoms with Crippen LogP contribution in [-0.2, 0) is 9.59 Å². The summed E-state index contributed by atoms with van der Waals surface area (Å²) in [4.78, 5) is 38.9. The number of barbiturate groups is 1. The number of benzene rings is 2. The minimum Gasteiger partial charge on any atom is -0.493 e. The third-order valence-electron chi connectivity index (χ3n) is 4.67. The van der Waals surface area contributed by atoms with Crippen LogP contribution in [0.15, 0.2) is 42.0 Å². The van der Waals surface area contributed by atoms with Gasteiger partial charge in [0.05, 0.1) is 19.4 Å². The van der Waals surface area contributed by atoms with Crippen molar-refractivity contribution < 1.29 is 23.9 Å². The van der Waals surface area contributed by atoms with Gasteiger partial charge >= 0.3 is 6.03 Å². The number of carbonyl (C=O) groups is 3. The first-order valence-electron chi connectivity index (χ1n) is 9.65. The number of nitrogens with one attached hydrogen (secondary N) is 1. The maximum Gasteiger partial charge on any atom is 0.335 e. The first kappa shape index (κ1) is 21.1. The van der Waals surface area contributed by atoms with Gasteiger partial charge in [-0.05, 0) is 61.2 Å². The average Bonchev–Trinajstić information content (AvgIpc) is 2.72. The first-order chi connectivity index (χ1) is 14.3. The van der Waals surface area contributed by atoms with E-state index in [1.54, 1.807) is 31.2 Å². The number of methoxy groups -OCH3 is 1. The molecule has 2 aromatic carbocycles. The standard InChI is InChI=1S/C23H24N2O5/c1-5-10-30-19-9-8-16(13-20(19)29-4)12-17-21(26)24-23(28)25(22(17)27)18-11-14(2)6-7-15(18)3/h6-9,11-13H,5,10H2,1-4H3,(H,24,26,28)/b17-12+. The van der Waals surface area contributed by atoms with Gasteiger partial charge in [0.1, 0.15) is 5.57 Å². The van der Waals surface area contributed by atoms with Crippen molar-refractivity contribution in [3.05, 3.63) is 58.7 Å². The Morgan fingerprint density at radius 3 is 2.50 bits per heavy atom. The van der Waals surface area contributed by atoms with E-state index in [1.165, 1.54) is 13.2 Å². The van der Waals surface area contributed by atoms with Gasteiger partial charge in [0, 0.05) is 0 Å². The zero-order valence-corrected chi connectivity index (χ0v) is 17.4. The minimum absolute atomic E-state index is 0.139. The third-order valence-corrected chi connectivity index (χ3v) is 4.67. The molecule has 0 aromatic heterocycles. The van der Waals surface area contributed by atoms with Crippen LogP contribution in [0.2, 0.25) is 0 Å². The number of aryl methyl sites for hydroxylation is 2.